The summed E-state index contributed by atoms with van der Waals surface area (Å²) in [6, 6.07) is 0.110. The molecule has 1 saturated carbocycles. The first-order valence-electron chi connectivity index (χ1n) is 4.98. The SMILES string of the molecule is CCN(CC(F)(F)F)C1CCC(N)C1. The second-order valence-corrected chi connectivity index (χ2v) is 3.91. The van der Waals surface area contributed by atoms with Crippen LogP contribution in [0.3, 0.4) is 0 Å². The highest BCUT2D eigenvalue weighted by Gasteiger charge is 2.35. The van der Waals surface area contributed by atoms with Crippen LogP contribution >= 0.6 is 0 Å². The van der Waals surface area contributed by atoms with Gasteiger partial charge in [-0.2, -0.15) is 13.2 Å². The van der Waals surface area contributed by atoms with Gasteiger partial charge in [-0.3, -0.25) is 4.90 Å². The highest BCUT2D eigenvalue weighted by Crippen LogP contribution is 2.26. The van der Waals surface area contributed by atoms with Crippen molar-refractivity contribution in [2.45, 2.75) is 44.4 Å². The molecule has 0 aliphatic heterocycles. The van der Waals surface area contributed by atoms with Crippen LogP contribution in [0.1, 0.15) is 26.2 Å². The smallest absolute Gasteiger partial charge is 0.328 e. The molecular weight excluding hydrogens is 193 g/mol. The number of nitrogens with zero attached hydrogens (tertiary/aromatic N) is 1. The maximum Gasteiger partial charge on any atom is 0.401 e. The van der Waals surface area contributed by atoms with E-state index in [1.165, 1.54) is 4.90 Å². The predicted octanol–water partition coefficient (Wildman–Crippen LogP) is 1.75. The minimum Gasteiger partial charge on any atom is -0.328 e. The Bertz CT molecular complexity index is 181. The van der Waals surface area contributed by atoms with Gasteiger partial charge < -0.3 is 5.73 Å². The zero-order valence-corrected chi connectivity index (χ0v) is 8.35. The number of hydrogen-bond donors (Lipinski definition) is 1. The Morgan fingerprint density at radius 2 is 2.00 bits per heavy atom. The second-order valence-electron chi connectivity index (χ2n) is 3.91. The van der Waals surface area contributed by atoms with Crippen LogP contribution in [-0.2, 0) is 0 Å². The normalized spacial score (nSPS) is 28.7. The van der Waals surface area contributed by atoms with Gasteiger partial charge in [-0.1, -0.05) is 6.92 Å². The van der Waals surface area contributed by atoms with Crippen molar-refractivity contribution in [3.63, 3.8) is 0 Å². The van der Waals surface area contributed by atoms with Crippen LogP contribution in [0.25, 0.3) is 0 Å². The second kappa shape index (κ2) is 4.49. The monoisotopic (exact) mass is 210 g/mol. The van der Waals surface area contributed by atoms with Crippen LogP contribution in [0.5, 0.6) is 0 Å². The summed E-state index contributed by atoms with van der Waals surface area (Å²) < 4.78 is 36.5. The maximum absolute atomic E-state index is 12.2. The molecule has 2 N–H and O–H groups in total. The van der Waals surface area contributed by atoms with E-state index in [4.69, 9.17) is 5.73 Å². The van der Waals surface area contributed by atoms with Crippen molar-refractivity contribution in [3.05, 3.63) is 0 Å². The molecule has 0 heterocycles. The number of alkyl halides is 3. The molecular formula is C9H17F3N2. The summed E-state index contributed by atoms with van der Waals surface area (Å²) in [5.74, 6) is 0. The molecule has 2 unspecified atom stereocenters. The average molecular weight is 210 g/mol. The fraction of sp³-hybridized carbons (Fsp3) is 1.00. The molecule has 0 bridgehead atoms. The van der Waals surface area contributed by atoms with Gasteiger partial charge in [0.1, 0.15) is 0 Å². The van der Waals surface area contributed by atoms with Crippen LogP contribution in [0, 0.1) is 0 Å². The van der Waals surface area contributed by atoms with E-state index in [2.05, 4.69) is 0 Å². The lowest BCUT2D eigenvalue weighted by atomic mass is 10.2. The average Bonchev–Trinajstić information content (AvgIpc) is 2.46. The van der Waals surface area contributed by atoms with E-state index in [-0.39, 0.29) is 12.1 Å². The molecule has 84 valence electrons. The number of nitrogens with two attached hydrogens (primary N) is 1. The standard InChI is InChI=1S/C9H17F3N2/c1-2-14(6-9(10,11)12)8-4-3-7(13)5-8/h7-8H,2-6,13H2,1H3. The topological polar surface area (TPSA) is 29.3 Å². The zero-order valence-electron chi connectivity index (χ0n) is 8.35. The van der Waals surface area contributed by atoms with Crippen LogP contribution < -0.4 is 5.73 Å². The lowest BCUT2D eigenvalue weighted by Crippen LogP contribution is -2.41. The van der Waals surface area contributed by atoms with E-state index in [1.54, 1.807) is 6.92 Å². The van der Waals surface area contributed by atoms with Gasteiger partial charge in [0.15, 0.2) is 0 Å². The van der Waals surface area contributed by atoms with E-state index in [9.17, 15) is 13.2 Å². The van der Waals surface area contributed by atoms with Gasteiger partial charge in [0.05, 0.1) is 6.54 Å². The van der Waals surface area contributed by atoms with Gasteiger partial charge in [0.25, 0.3) is 0 Å². The van der Waals surface area contributed by atoms with E-state index in [0.717, 1.165) is 12.8 Å². The molecule has 0 spiro atoms. The first-order valence-corrected chi connectivity index (χ1v) is 4.98. The summed E-state index contributed by atoms with van der Waals surface area (Å²) >= 11 is 0. The van der Waals surface area contributed by atoms with Crippen molar-refractivity contribution < 1.29 is 13.2 Å². The molecule has 0 aromatic heterocycles. The predicted molar refractivity (Wildman–Crippen MR) is 48.9 cm³/mol. The van der Waals surface area contributed by atoms with Crippen molar-refractivity contribution >= 4 is 0 Å². The van der Waals surface area contributed by atoms with Gasteiger partial charge in [-0.15, -0.1) is 0 Å². The molecule has 0 radical (unpaired) electrons. The van der Waals surface area contributed by atoms with Crippen LogP contribution in [0.15, 0.2) is 0 Å². The third-order valence-corrected chi connectivity index (χ3v) is 2.75. The molecule has 14 heavy (non-hydrogen) atoms. The Hall–Kier alpha value is -0.290. The van der Waals surface area contributed by atoms with Crippen molar-refractivity contribution in [3.8, 4) is 0 Å². The third kappa shape index (κ3) is 3.46. The molecule has 0 aromatic carbocycles. The molecule has 0 aromatic rings. The fourth-order valence-electron chi connectivity index (χ4n) is 2.05. The Morgan fingerprint density at radius 3 is 2.36 bits per heavy atom. The van der Waals surface area contributed by atoms with Crippen LogP contribution in [0.4, 0.5) is 13.2 Å². The minimum atomic E-state index is -4.09. The quantitative estimate of drug-likeness (QED) is 0.769. The molecule has 1 fully saturated rings. The first-order chi connectivity index (χ1) is 6.42. The van der Waals surface area contributed by atoms with Gasteiger partial charge in [-0.25, -0.2) is 0 Å². The van der Waals surface area contributed by atoms with Gasteiger partial charge in [0, 0.05) is 12.1 Å². The highest BCUT2D eigenvalue weighted by molar-refractivity contribution is 4.85. The van der Waals surface area contributed by atoms with Crippen molar-refractivity contribution in [1.29, 1.82) is 0 Å². The summed E-state index contributed by atoms with van der Waals surface area (Å²) in [4.78, 5) is 1.48. The molecule has 5 heteroatoms. The molecule has 1 aliphatic carbocycles. The lowest BCUT2D eigenvalue weighted by Gasteiger charge is -2.28. The number of halogens is 3. The Labute approximate surface area is 82.2 Å². The summed E-state index contributed by atoms with van der Waals surface area (Å²) in [5.41, 5.74) is 5.67. The van der Waals surface area contributed by atoms with Crippen LogP contribution in [-0.4, -0.2) is 36.2 Å². The Morgan fingerprint density at radius 1 is 1.36 bits per heavy atom. The van der Waals surface area contributed by atoms with E-state index in [1.807, 2.05) is 0 Å². The summed E-state index contributed by atoms with van der Waals surface area (Å²) in [7, 11) is 0. The summed E-state index contributed by atoms with van der Waals surface area (Å²) in [5, 5.41) is 0. The molecule has 1 rings (SSSR count). The molecule has 2 atom stereocenters. The van der Waals surface area contributed by atoms with E-state index >= 15 is 0 Å². The molecule has 0 saturated heterocycles. The van der Waals surface area contributed by atoms with Crippen molar-refractivity contribution in [2.75, 3.05) is 13.1 Å². The van der Waals surface area contributed by atoms with Crippen LogP contribution in [0.2, 0.25) is 0 Å². The third-order valence-electron chi connectivity index (χ3n) is 2.75. The summed E-state index contributed by atoms with van der Waals surface area (Å²) in [6.45, 7) is 1.40. The van der Waals surface area contributed by atoms with Gasteiger partial charge in [-0.05, 0) is 25.8 Å². The minimum absolute atomic E-state index is 0.0247. The number of rotatable bonds is 3. The lowest BCUT2D eigenvalue weighted by molar-refractivity contribution is -0.150. The maximum atomic E-state index is 12.2. The fourth-order valence-corrected chi connectivity index (χ4v) is 2.05. The first kappa shape index (κ1) is 11.8. The Balaban J connectivity index is 2.46. The molecule has 2 nitrogen and oxygen atoms in total. The van der Waals surface area contributed by atoms with E-state index in [0.29, 0.717) is 13.0 Å². The summed E-state index contributed by atoms with van der Waals surface area (Å²) in [6.07, 6.45) is -1.75. The van der Waals surface area contributed by atoms with E-state index < -0.39 is 12.7 Å². The molecule has 1 aliphatic rings. The number of hydrogen-bond acceptors (Lipinski definition) is 2. The van der Waals surface area contributed by atoms with Gasteiger partial charge in [0.2, 0.25) is 0 Å². The van der Waals surface area contributed by atoms with Crippen molar-refractivity contribution in [1.82, 2.24) is 4.90 Å². The van der Waals surface area contributed by atoms with Gasteiger partial charge >= 0.3 is 6.18 Å². The Kier molecular flexibility index (Phi) is 3.78. The largest absolute Gasteiger partial charge is 0.401 e. The highest BCUT2D eigenvalue weighted by atomic mass is 19.4. The molecule has 0 amide bonds. The zero-order chi connectivity index (χ0) is 10.8. The van der Waals surface area contributed by atoms with Crippen molar-refractivity contribution in [2.24, 2.45) is 5.73 Å².